The molecule has 0 aromatic carbocycles. The van der Waals surface area contributed by atoms with Crippen LogP contribution in [0.5, 0.6) is 0 Å². The van der Waals surface area contributed by atoms with Gasteiger partial charge in [-0.3, -0.25) is 0 Å². The first-order valence-electron chi connectivity index (χ1n) is 6.30. The van der Waals surface area contributed by atoms with Crippen LogP contribution >= 0.6 is 0 Å². The average Bonchev–Trinajstić information content (AvgIpc) is 2.31. The smallest absolute Gasteiger partial charge is 0.377 e. The summed E-state index contributed by atoms with van der Waals surface area (Å²) < 4.78 is 16.9. The first-order chi connectivity index (χ1) is 7.64. The molecule has 1 unspecified atom stereocenters. The van der Waals surface area contributed by atoms with Crippen LogP contribution in [0.3, 0.4) is 0 Å². The zero-order valence-electron chi connectivity index (χ0n) is 11.3. The molecule has 0 saturated heterocycles. The molecule has 4 heteroatoms. The van der Waals surface area contributed by atoms with Crippen molar-refractivity contribution in [3.05, 3.63) is 0 Å². The minimum Gasteiger partial charge on any atom is -0.377 e. The highest BCUT2D eigenvalue weighted by molar-refractivity contribution is 6.62. The van der Waals surface area contributed by atoms with Crippen molar-refractivity contribution >= 4 is 8.80 Å². The van der Waals surface area contributed by atoms with E-state index in [1.54, 1.807) is 21.3 Å². The fraction of sp³-hybridized carbons (Fsp3) is 1.00. The van der Waals surface area contributed by atoms with E-state index >= 15 is 0 Å². The zero-order chi connectivity index (χ0) is 12.2. The molecule has 0 bridgehead atoms. The Morgan fingerprint density at radius 3 is 1.94 bits per heavy atom. The number of hydrogen-bond acceptors (Lipinski definition) is 3. The highest BCUT2D eigenvalue weighted by Crippen LogP contribution is 2.60. The van der Waals surface area contributed by atoms with E-state index in [2.05, 4.69) is 13.8 Å². The predicted octanol–water partition coefficient (Wildman–Crippen LogP) is 3.23. The second-order valence-electron chi connectivity index (χ2n) is 4.77. The molecule has 1 aliphatic carbocycles. The quantitative estimate of drug-likeness (QED) is 0.646. The van der Waals surface area contributed by atoms with Crippen molar-refractivity contribution in [3.8, 4) is 0 Å². The fourth-order valence-electron chi connectivity index (χ4n) is 3.32. The third-order valence-corrected chi connectivity index (χ3v) is 7.86. The van der Waals surface area contributed by atoms with Gasteiger partial charge in [0.25, 0.3) is 0 Å². The molecule has 1 fully saturated rings. The zero-order valence-corrected chi connectivity index (χ0v) is 12.3. The van der Waals surface area contributed by atoms with E-state index in [1.807, 2.05) is 0 Å². The Balaban J connectivity index is 2.85. The molecule has 0 N–H and O–H groups in total. The molecule has 0 aromatic rings. The molecule has 0 amide bonds. The molecule has 96 valence electrons. The molecule has 0 heterocycles. The standard InChI is InChI=1S/C12H26O3Si/c1-6-9-12(7-2)10-8-11(12)16(13-3,14-4)15-5/h11H,6-10H2,1-5H3/t11?,12-/m0/s1. The van der Waals surface area contributed by atoms with E-state index < -0.39 is 8.80 Å². The molecular formula is C12H26O3Si. The molecule has 0 aromatic heterocycles. The van der Waals surface area contributed by atoms with E-state index in [-0.39, 0.29) is 0 Å². The summed E-state index contributed by atoms with van der Waals surface area (Å²) in [6.07, 6.45) is 6.18. The molecule has 0 radical (unpaired) electrons. The van der Waals surface area contributed by atoms with Gasteiger partial charge < -0.3 is 13.3 Å². The second-order valence-corrected chi connectivity index (χ2v) is 7.90. The van der Waals surface area contributed by atoms with Crippen molar-refractivity contribution in [2.24, 2.45) is 5.41 Å². The van der Waals surface area contributed by atoms with Crippen molar-refractivity contribution in [2.45, 2.75) is 51.5 Å². The normalized spacial score (nSPS) is 30.2. The van der Waals surface area contributed by atoms with Gasteiger partial charge >= 0.3 is 8.80 Å². The summed E-state index contributed by atoms with van der Waals surface area (Å²) in [5, 5.41) is 0. The van der Waals surface area contributed by atoms with Gasteiger partial charge in [0.2, 0.25) is 0 Å². The maximum Gasteiger partial charge on any atom is 0.503 e. The molecule has 16 heavy (non-hydrogen) atoms. The van der Waals surface area contributed by atoms with E-state index in [0.717, 1.165) is 0 Å². The SMILES string of the molecule is CCC[C@@]1(CC)CCC1[Si](OC)(OC)OC. The molecule has 2 atom stereocenters. The molecule has 0 aliphatic heterocycles. The van der Waals surface area contributed by atoms with Gasteiger partial charge in [-0.15, -0.1) is 0 Å². The Labute approximate surface area is 101 Å². The molecule has 1 rings (SSSR count). The van der Waals surface area contributed by atoms with Crippen LogP contribution in [0.15, 0.2) is 0 Å². The fourth-order valence-corrected chi connectivity index (χ4v) is 6.42. The van der Waals surface area contributed by atoms with Crippen molar-refractivity contribution in [3.63, 3.8) is 0 Å². The van der Waals surface area contributed by atoms with E-state index in [9.17, 15) is 0 Å². The maximum absolute atomic E-state index is 5.64. The van der Waals surface area contributed by atoms with Gasteiger partial charge in [0.1, 0.15) is 0 Å². The lowest BCUT2D eigenvalue weighted by Crippen LogP contribution is -2.57. The lowest BCUT2D eigenvalue weighted by atomic mass is 9.64. The van der Waals surface area contributed by atoms with Crippen LogP contribution in [0.4, 0.5) is 0 Å². The van der Waals surface area contributed by atoms with Crippen LogP contribution in [0.1, 0.15) is 46.0 Å². The molecule has 1 aliphatic rings. The van der Waals surface area contributed by atoms with Gasteiger partial charge in [-0.25, -0.2) is 0 Å². The Hall–Kier alpha value is 0.0969. The molecule has 1 saturated carbocycles. The maximum atomic E-state index is 5.64. The average molecular weight is 246 g/mol. The van der Waals surface area contributed by atoms with Crippen molar-refractivity contribution < 1.29 is 13.3 Å². The summed E-state index contributed by atoms with van der Waals surface area (Å²) in [5.74, 6) is 0. The summed E-state index contributed by atoms with van der Waals surface area (Å²) in [5.41, 5.74) is 0.896. The van der Waals surface area contributed by atoms with E-state index in [1.165, 1.54) is 32.1 Å². The van der Waals surface area contributed by atoms with Gasteiger partial charge in [0.15, 0.2) is 0 Å². The van der Waals surface area contributed by atoms with Gasteiger partial charge in [0, 0.05) is 26.9 Å². The van der Waals surface area contributed by atoms with Crippen LogP contribution in [0.2, 0.25) is 5.54 Å². The Morgan fingerprint density at radius 2 is 1.69 bits per heavy atom. The summed E-state index contributed by atoms with van der Waals surface area (Å²) >= 11 is 0. The van der Waals surface area contributed by atoms with Gasteiger partial charge in [-0.05, 0) is 24.7 Å². The largest absolute Gasteiger partial charge is 0.503 e. The number of hydrogen-bond donors (Lipinski definition) is 0. The topological polar surface area (TPSA) is 27.7 Å². The van der Waals surface area contributed by atoms with E-state index in [0.29, 0.717) is 11.0 Å². The molecular weight excluding hydrogens is 220 g/mol. The first kappa shape index (κ1) is 14.2. The first-order valence-corrected chi connectivity index (χ1v) is 8.10. The molecule has 0 spiro atoms. The van der Waals surface area contributed by atoms with Crippen LogP contribution in [-0.2, 0) is 13.3 Å². The van der Waals surface area contributed by atoms with E-state index in [4.69, 9.17) is 13.3 Å². The molecule has 3 nitrogen and oxygen atoms in total. The van der Waals surface area contributed by atoms with Gasteiger partial charge in [0.05, 0.1) is 0 Å². The van der Waals surface area contributed by atoms with Crippen LogP contribution in [0, 0.1) is 5.41 Å². The van der Waals surface area contributed by atoms with Gasteiger partial charge in [-0.2, -0.15) is 0 Å². The van der Waals surface area contributed by atoms with Crippen LogP contribution in [-0.4, -0.2) is 30.1 Å². The monoisotopic (exact) mass is 246 g/mol. The Bertz CT molecular complexity index is 206. The Kier molecular flexibility index (Phi) is 4.98. The number of rotatable bonds is 7. The van der Waals surface area contributed by atoms with Crippen molar-refractivity contribution in [2.75, 3.05) is 21.3 Å². The summed E-state index contributed by atoms with van der Waals surface area (Å²) in [6.45, 7) is 4.53. The lowest BCUT2D eigenvalue weighted by Gasteiger charge is -2.53. The summed E-state index contributed by atoms with van der Waals surface area (Å²) in [6, 6.07) is 0. The van der Waals surface area contributed by atoms with Gasteiger partial charge in [-0.1, -0.05) is 26.7 Å². The van der Waals surface area contributed by atoms with Crippen LogP contribution < -0.4 is 0 Å². The van der Waals surface area contributed by atoms with Crippen molar-refractivity contribution in [1.29, 1.82) is 0 Å². The summed E-state index contributed by atoms with van der Waals surface area (Å²) in [7, 11) is 2.75. The minimum atomic E-state index is -2.43. The lowest BCUT2D eigenvalue weighted by molar-refractivity contribution is 0.0219. The second kappa shape index (κ2) is 5.62. The van der Waals surface area contributed by atoms with Crippen molar-refractivity contribution in [1.82, 2.24) is 0 Å². The highest BCUT2D eigenvalue weighted by Gasteiger charge is 2.61. The predicted molar refractivity (Wildman–Crippen MR) is 67.4 cm³/mol. The Morgan fingerprint density at radius 1 is 1.12 bits per heavy atom. The minimum absolute atomic E-state index is 0.406. The third kappa shape index (κ3) is 2.08. The third-order valence-electron chi connectivity index (χ3n) is 4.40. The van der Waals surface area contributed by atoms with Crippen LogP contribution in [0.25, 0.3) is 0 Å². The summed E-state index contributed by atoms with van der Waals surface area (Å²) in [4.78, 5) is 0. The highest BCUT2D eigenvalue weighted by atomic mass is 28.4.